The van der Waals surface area contributed by atoms with Gasteiger partial charge in [0.1, 0.15) is 0 Å². The highest BCUT2D eigenvalue weighted by atomic mass is 16.5. The van der Waals surface area contributed by atoms with E-state index in [0.717, 1.165) is 18.4 Å². The first kappa shape index (κ1) is 17.6. The number of ether oxygens (including phenoxy) is 1. The maximum Gasteiger partial charge on any atom is 0.0900 e. The second kappa shape index (κ2) is 11.2. The monoisotopic (exact) mass is 291 g/mol. The summed E-state index contributed by atoms with van der Waals surface area (Å²) in [5.41, 5.74) is 1.08. The van der Waals surface area contributed by atoms with E-state index in [1.54, 1.807) is 6.20 Å². The summed E-state index contributed by atoms with van der Waals surface area (Å²) >= 11 is 0. The second-order valence-electron chi connectivity index (χ2n) is 5.09. The molecule has 0 radical (unpaired) electrons. The van der Waals surface area contributed by atoms with Crippen molar-refractivity contribution in [3.8, 4) is 6.07 Å². The molecule has 1 rings (SSSR count). The fraction of sp³-hybridized carbons (Fsp3) is 0.625. The zero-order valence-electron chi connectivity index (χ0n) is 12.7. The fourth-order valence-corrected chi connectivity index (χ4v) is 2.01. The Kier molecular flexibility index (Phi) is 9.38. The van der Waals surface area contributed by atoms with E-state index < -0.39 is 6.10 Å². The minimum Gasteiger partial charge on any atom is -0.389 e. The summed E-state index contributed by atoms with van der Waals surface area (Å²) in [6.07, 6.45) is 5.57. The number of aliphatic hydroxyl groups is 1. The molecular weight excluding hydrogens is 266 g/mol. The Morgan fingerprint density at radius 1 is 1.52 bits per heavy atom. The number of hydrogen-bond acceptors (Lipinski definition) is 5. The predicted molar refractivity (Wildman–Crippen MR) is 81.5 cm³/mol. The molecule has 0 amide bonds. The van der Waals surface area contributed by atoms with E-state index in [1.165, 1.54) is 0 Å². The van der Waals surface area contributed by atoms with Gasteiger partial charge in [-0.2, -0.15) is 5.26 Å². The van der Waals surface area contributed by atoms with E-state index in [2.05, 4.69) is 22.9 Å². The van der Waals surface area contributed by atoms with E-state index in [4.69, 9.17) is 10.00 Å². The lowest BCUT2D eigenvalue weighted by molar-refractivity contribution is 0.0147. The summed E-state index contributed by atoms with van der Waals surface area (Å²) in [6.45, 7) is 4.96. The molecule has 1 heterocycles. The first-order valence-corrected chi connectivity index (χ1v) is 7.50. The van der Waals surface area contributed by atoms with Crippen LogP contribution in [0.5, 0.6) is 0 Å². The maximum atomic E-state index is 10.0. The highest BCUT2D eigenvalue weighted by Crippen LogP contribution is 2.05. The molecule has 0 aliphatic rings. The summed E-state index contributed by atoms with van der Waals surface area (Å²) in [5, 5.41) is 18.8. The standard InChI is InChI=1S/C16H25N3O2/c1-2-3-10-21-14-16(20)13-19(9-5-7-17)12-15-6-4-8-18-11-15/h4,6,8,11,16,20H,2-3,5,9-10,12-14H2,1H3. The van der Waals surface area contributed by atoms with Gasteiger partial charge in [0, 0.05) is 45.1 Å². The Labute approximate surface area is 127 Å². The van der Waals surface area contributed by atoms with Crippen LogP contribution >= 0.6 is 0 Å². The van der Waals surface area contributed by atoms with E-state index in [-0.39, 0.29) is 0 Å². The molecule has 21 heavy (non-hydrogen) atoms. The van der Waals surface area contributed by atoms with Gasteiger partial charge in [0.2, 0.25) is 0 Å². The van der Waals surface area contributed by atoms with Crippen molar-refractivity contribution in [2.45, 2.75) is 38.8 Å². The molecule has 0 fully saturated rings. The number of rotatable bonds is 11. The number of nitrogens with zero attached hydrogens (tertiary/aromatic N) is 3. The zero-order valence-corrected chi connectivity index (χ0v) is 12.7. The molecule has 0 aliphatic heterocycles. The summed E-state index contributed by atoms with van der Waals surface area (Å²) in [4.78, 5) is 6.15. The summed E-state index contributed by atoms with van der Waals surface area (Å²) in [5.74, 6) is 0. The molecule has 1 aromatic heterocycles. The van der Waals surface area contributed by atoms with Crippen molar-refractivity contribution in [3.63, 3.8) is 0 Å². The maximum absolute atomic E-state index is 10.0. The molecule has 0 saturated carbocycles. The van der Waals surface area contributed by atoms with Crippen LogP contribution in [0.2, 0.25) is 0 Å². The molecule has 0 saturated heterocycles. The first-order valence-electron chi connectivity index (χ1n) is 7.50. The molecule has 116 valence electrons. The number of unbranched alkanes of at least 4 members (excludes halogenated alkanes) is 1. The van der Waals surface area contributed by atoms with Gasteiger partial charge < -0.3 is 9.84 Å². The number of aliphatic hydroxyl groups excluding tert-OH is 1. The number of aromatic nitrogens is 1. The average molecular weight is 291 g/mol. The van der Waals surface area contributed by atoms with E-state index in [9.17, 15) is 5.11 Å². The first-order chi connectivity index (χ1) is 10.3. The summed E-state index contributed by atoms with van der Waals surface area (Å²) < 4.78 is 5.44. The van der Waals surface area contributed by atoms with Crippen LogP contribution in [0.4, 0.5) is 0 Å². The third-order valence-electron chi connectivity index (χ3n) is 3.09. The molecule has 1 N–H and O–H groups in total. The smallest absolute Gasteiger partial charge is 0.0900 e. The second-order valence-corrected chi connectivity index (χ2v) is 5.09. The minimum atomic E-state index is -0.530. The lowest BCUT2D eigenvalue weighted by Gasteiger charge is -2.24. The molecule has 1 aromatic rings. The molecule has 1 unspecified atom stereocenters. The Morgan fingerprint density at radius 2 is 2.38 bits per heavy atom. The fourth-order valence-electron chi connectivity index (χ4n) is 2.01. The van der Waals surface area contributed by atoms with Crippen LogP contribution in [0.3, 0.4) is 0 Å². The highest BCUT2D eigenvalue weighted by Gasteiger charge is 2.12. The average Bonchev–Trinajstić information content (AvgIpc) is 2.50. The Hall–Kier alpha value is -1.48. The van der Waals surface area contributed by atoms with Gasteiger partial charge in [0.25, 0.3) is 0 Å². The van der Waals surface area contributed by atoms with Crippen LogP contribution in [0.1, 0.15) is 31.7 Å². The van der Waals surface area contributed by atoms with Gasteiger partial charge in [-0.25, -0.2) is 0 Å². The highest BCUT2D eigenvalue weighted by molar-refractivity contribution is 5.08. The predicted octanol–water partition coefficient (Wildman–Crippen LogP) is 1.97. The third kappa shape index (κ3) is 8.41. The van der Waals surface area contributed by atoms with Gasteiger partial charge in [0.05, 0.1) is 18.8 Å². The lowest BCUT2D eigenvalue weighted by Crippen LogP contribution is -2.35. The SMILES string of the molecule is CCCCOCC(O)CN(CCC#N)Cc1cccnc1. The molecular formula is C16H25N3O2. The topological polar surface area (TPSA) is 69.4 Å². The molecule has 0 bridgehead atoms. The lowest BCUT2D eigenvalue weighted by atomic mass is 10.2. The number of nitriles is 1. The third-order valence-corrected chi connectivity index (χ3v) is 3.09. The minimum absolute atomic E-state index is 0.343. The summed E-state index contributed by atoms with van der Waals surface area (Å²) in [7, 11) is 0. The quantitative estimate of drug-likeness (QED) is 0.631. The van der Waals surface area contributed by atoms with Crippen LogP contribution in [0.25, 0.3) is 0 Å². The van der Waals surface area contributed by atoms with Crippen LogP contribution in [-0.4, -0.2) is 47.4 Å². The van der Waals surface area contributed by atoms with Gasteiger partial charge in [-0.05, 0) is 18.1 Å². The Morgan fingerprint density at radius 3 is 3.05 bits per heavy atom. The Bertz CT molecular complexity index is 406. The van der Waals surface area contributed by atoms with Crippen LogP contribution in [0.15, 0.2) is 24.5 Å². The Balaban J connectivity index is 2.40. The van der Waals surface area contributed by atoms with Gasteiger partial charge >= 0.3 is 0 Å². The van der Waals surface area contributed by atoms with Crippen molar-refractivity contribution < 1.29 is 9.84 Å². The van der Waals surface area contributed by atoms with Crippen molar-refractivity contribution in [3.05, 3.63) is 30.1 Å². The van der Waals surface area contributed by atoms with Crippen LogP contribution < -0.4 is 0 Å². The largest absolute Gasteiger partial charge is 0.389 e. The van der Waals surface area contributed by atoms with Crippen molar-refractivity contribution in [2.75, 3.05) is 26.3 Å². The van der Waals surface area contributed by atoms with Gasteiger partial charge in [-0.1, -0.05) is 19.4 Å². The molecule has 0 aliphatic carbocycles. The van der Waals surface area contributed by atoms with Crippen molar-refractivity contribution in [1.29, 1.82) is 5.26 Å². The number of hydrogen-bond donors (Lipinski definition) is 1. The molecule has 0 spiro atoms. The van der Waals surface area contributed by atoms with E-state index in [1.807, 2.05) is 18.3 Å². The molecule has 0 aromatic carbocycles. The van der Waals surface area contributed by atoms with E-state index >= 15 is 0 Å². The molecule has 5 nitrogen and oxygen atoms in total. The number of pyridine rings is 1. The summed E-state index contributed by atoms with van der Waals surface area (Å²) in [6, 6.07) is 6.03. The van der Waals surface area contributed by atoms with Crippen molar-refractivity contribution in [2.24, 2.45) is 0 Å². The van der Waals surface area contributed by atoms with Crippen molar-refractivity contribution >= 4 is 0 Å². The van der Waals surface area contributed by atoms with Crippen LogP contribution in [0, 0.1) is 11.3 Å². The normalized spacial score (nSPS) is 12.3. The van der Waals surface area contributed by atoms with Crippen molar-refractivity contribution in [1.82, 2.24) is 9.88 Å². The van der Waals surface area contributed by atoms with Gasteiger partial charge in [-0.3, -0.25) is 9.88 Å². The zero-order chi connectivity index (χ0) is 15.3. The molecule has 5 heteroatoms. The van der Waals surface area contributed by atoms with Gasteiger partial charge in [0.15, 0.2) is 0 Å². The van der Waals surface area contributed by atoms with Gasteiger partial charge in [-0.15, -0.1) is 0 Å². The van der Waals surface area contributed by atoms with Crippen LogP contribution in [-0.2, 0) is 11.3 Å². The van der Waals surface area contributed by atoms with E-state index in [0.29, 0.717) is 39.3 Å². The molecule has 1 atom stereocenters.